The Bertz CT molecular complexity index is 279. The third kappa shape index (κ3) is 3.37. The molecule has 0 N–H and O–H groups in total. The molecule has 1 aromatic rings. The molecule has 0 radical (unpaired) electrons. The molecule has 1 rings (SSSR count). The highest BCUT2D eigenvalue weighted by molar-refractivity contribution is 6.67. The number of aryl methyl sites for hydroxylation is 1. The Hall–Kier alpha value is -0.530. The van der Waals surface area contributed by atoms with Crippen molar-refractivity contribution in [2.24, 2.45) is 0 Å². The molecule has 0 spiro atoms. The van der Waals surface area contributed by atoms with Crippen molar-refractivity contribution in [1.29, 1.82) is 0 Å². The van der Waals surface area contributed by atoms with Crippen molar-refractivity contribution in [3.05, 3.63) is 35.4 Å². The highest BCUT2D eigenvalue weighted by Crippen LogP contribution is 2.09. The standard InChI is InChI=1S/C10H10Cl2O/c11-7-1-2-8-3-5-9(6-4-8)10(12)13/h3-6H,1-2,7H2. The Kier molecular flexibility index (Phi) is 4.26. The first-order valence-electron chi connectivity index (χ1n) is 4.09. The van der Waals surface area contributed by atoms with Gasteiger partial charge >= 0.3 is 0 Å². The molecule has 0 heterocycles. The number of carbonyl (C=O) groups is 1. The first kappa shape index (κ1) is 10.6. The summed E-state index contributed by atoms with van der Waals surface area (Å²) in [6.07, 6.45) is 1.90. The van der Waals surface area contributed by atoms with Gasteiger partial charge in [0.1, 0.15) is 0 Å². The van der Waals surface area contributed by atoms with E-state index < -0.39 is 5.24 Å². The van der Waals surface area contributed by atoms with Crippen molar-refractivity contribution in [2.45, 2.75) is 12.8 Å². The van der Waals surface area contributed by atoms with Crippen molar-refractivity contribution in [3.63, 3.8) is 0 Å². The average Bonchev–Trinajstić information content (AvgIpc) is 2.15. The van der Waals surface area contributed by atoms with Crippen LogP contribution in [0.2, 0.25) is 0 Å². The van der Waals surface area contributed by atoms with E-state index in [4.69, 9.17) is 23.2 Å². The lowest BCUT2D eigenvalue weighted by Gasteiger charge is -1.99. The van der Waals surface area contributed by atoms with Gasteiger partial charge < -0.3 is 0 Å². The van der Waals surface area contributed by atoms with Crippen molar-refractivity contribution >= 4 is 28.4 Å². The summed E-state index contributed by atoms with van der Waals surface area (Å²) in [5.41, 5.74) is 1.72. The van der Waals surface area contributed by atoms with Crippen LogP contribution in [0.5, 0.6) is 0 Å². The molecule has 0 amide bonds. The number of halogens is 2. The molecule has 0 atom stereocenters. The summed E-state index contributed by atoms with van der Waals surface area (Å²) in [7, 11) is 0. The van der Waals surface area contributed by atoms with Crippen LogP contribution in [-0.4, -0.2) is 11.1 Å². The van der Waals surface area contributed by atoms with Crippen LogP contribution in [0.3, 0.4) is 0 Å². The van der Waals surface area contributed by atoms with E-state index in [9.17, 15) is 4.79 Å². The summed E-state index contributed by atoms with van der Waals surface area (Å²) in [6.45, 7) is 0. The summed E-state index contributed by atoms with van der Waals surface area (Å²) < 4.78 is 0. The maximum atomic E-state index is 10.7. The van der Waals surface area contributed by atoms with E-state index in [1.165, 1.54) is 5.56 Å². The van der Waals surface area contributed by atoms with Crippen molar-refractivity contribution in [2.75, 3.05) is 5.88 Å². The Morgan fingerprint density at radius 3 is 2.31 bits per heavy atom. The molecule has 70 valence electrons. The molecule has 0 aliphatic heterocycles. The minimum atomic E-state index is -0.413. The molecule has 13 heavy (non-hydrogen) atoms. The van der Waals surface area contributed by atoms with Gasteiger partial charge in [-0.15, -0.1) is 11.6 Å². The summed E-state index contributed by atoms with van der Waals surface area (Å²) in [4.78, 5) is 10.7. The molecule has 0 saturated heterocycles. The Balaban J connectivity index is 2.64. The normalized spacial score (nSPS) is 10.0. The highest BCUT2D eigenvalue weighted by atomic mass is 35.5. The third-order valence-corrected chi connectivity index (χ3v) is 2.27. The fraction of sp³-hybridized carbons (Fsp3) is 0.300. The second-order valence-corrected chi connectivity index (χ2v) is 3.48. The predicted molar refractivity (Wildman–Crippen MR) is 55.7 cm³/mol. The van der Waals surface area contributed by atoms with Crippen molar-refractivity contribution < 1.29 is 4.79 Å². The lowest BCUT2D eigenvalue weighted by Crippen LogP contribution is -1.90. The maximum Gasteiger partial charge on any atom is 0.252 e. The zero-order valence-corrected chi connectivity index (χ0v) is 8.61. The number of hydrogen-bond donors (Lipinski definition) is 0. The lowest BCUT2D eigenvalue weighted by molar-refractivity contribution is 0.108. The molecule has 1 nitrogen and oxygen atoms in total. The van der Waals surface area contributed by atoms with Crippen LogP contribution < -0.4 is 0 Å². The minimum absolute atomic E-state index is 0.413. The smallest absolute Gasteiger partial charge is 0.252 e. The molecule has 3 heteroatoms. The number of rotatable bonds is 4. The summed E-state index contributed by atoms with van der Waals surface area (Å²) in [5, 5.41) is -0.413. The molecule has 0 saturated carbocycles. The number of hydrogen-bond acceptors (Lipinski definition) is 1. The fourth-order valence-corrected chi connectivity index (χ4v) is 1.33. The zero-order valence-electron chi connectivity index (χ0n) is 7.09. The monoisotopic (exact) mass is 216 g/mol. The summed E-state index contributed by atoms with van der Waals surface area (Å²) in [5.74, 6) is 0.663. The van der Waals surface area contributed by atoms with E-state index in [-0.39, 0.29) is 0 Å². The second-order valence-electron chi connectivity index (χ2n) is 2.76. The fourth-order valence-electron chi connectivity index (χ4n) is 1.07. The van der Waals surface area contributed by atoms with Gasteiger partial charge in [0, 0.05) is 11.4 Å². The molecule has 0 aliphatic carbocycles. The third-order valence-electron chi connectivity index (χ3n) is 1.78. The van der Waals surface area contributed by atoms with Crippen LogP contribution in [0, 0.1) is 0 Å². The molecule has 0 aromatic heterocycles. The Morgan fingerprint density at radius 1 is 1.23 bits per heavy atom. The minimum Gasteiger partial charge on any atom is -0.276 e. The molecule has 1 aromatic carbocycles. The molecular formula is C10H10Cl2O. The number of carbonyl (C=O) groups excluding carboxylic acids is 1. The van der Waals surface area contributed by atoms with Gasteiger partial charge in [-0.2, -0.15) is 0 Å². The van der Waals surface area contributed by atoms with Gasteiger partial charge in [0.15, 0.2) is 0 Å². The number of alkyl halides is 1. The summed E-state index contributed by atoms with van der Waals surface area (Å²) >= 11 is 10.9. The van der Waals surface area contributed by atoms with Gasteiger partial charge in [-0.05, 0) is 42.1 Å². The predicted octanol–water partition coefficient (Wildman–Crippen LogP) is 3.24. The van der Waals surface area contributed by atoms with Gasteiger partial charge in [0.05, 0.1) is 0 Å². The van der Waals surface area contributed by atoms with Gasteiger partial charge in [-0.3, -0.25) is 4.79 Å². The van der Waals surface area contributed by atoms with E-state index in [0.29, 0.717) is 11.4 Å². The van der Waals surface area contributed by atoms with Crippen LogP contribution in [0.1, 0.15) is 22.3 Å². The van der Waals surface area contributed by atoms with E-state index in [2.05, 4.69) is 0 Å². The highest BCUT2D eigenvalue weighted by Gasteiger charge is 2.00. The maximum absolute atomic E-state index is 10.7. The topological polar surface area (TPSA) is 17.1 Å². The first-order valence-corrected chi connectivity index (χ1v) is 5.00. The SMILES string of the molecule is O=C(Cl)c1ccc(CCCCl)cc1. The van der Waals surface area contributed by atoms with Gasteiger partial charge in [0.25, 0.3) is 5.24 Å². The van der Waals surface area contributed by atoms with Crippen LogP contribution in [0.15, 0.2) is 24.3 Å². The van der Waals surface area contributed by atoms with Crippen LogP contribution in [-0.2, 0) is 6.42 Å². The lowest BCUT2D eigenvalue weighted by atomic mass is 10.1. The largest absolute Gasteiger partial charge is 0.276 e. The van der Waals surface area contributed by atoms with E-state index in [1.54, 1.807) is 12.1 Å². The zero-order chi connectivity index (χ0) is 9.68. The molecule has 0 bridgehead atoms. The van der Waals surface area contributed by atoms with Gasteiger partial charge in [0.2, 0.25) is 0 Å². The molecular weight excluding hydrogens is 207 g/mol. The van der Waals surface area contributed by atoms with Crippen molar-refractivity contribution in [3.8, 4) is 0 Å². The van der Waals surface area contributed by atoms with E-state index in [1.807, 2.05) is 12.1 Å². The Labute approximate surface area is 87.7 Å². The van der Waals surface area contributed by atoms with E-state index in [0.717, 1.165) is 12.8 Å². The van der Waals surface area contributed by atoms with Crippen molar-refractivity contribution in [1.82, 2.24) is 0 Å². The molecule has 0 fully saturated rings. The van der Waals surface area contributed by atoms with Gasteiger partial charge in [-0.1, -0.05) is 12.1 Å². The van der Waals surface area contributed by atoms with Crippen LogP contribution in [0.25, 0.3) is 0 Å². The molecule has 0 aliphatic rings. The Morgan fingerprint density at radius 2 is 1.85 bits per heavy atom. The van der Waals surface area contributed by atoms with E-state index >= 15 is 0 Å². The second kappa shape index (κ2) is 5.25. The number of benzene rings is 1. The van der Waals surface area contributed by atoms with Crippen LogP contribution in [0.4, 0.5) is 0 Å². The quantitative estimate of drug-likeness (QED) is 0.558. The summed E-state index contributed by atoms with van der Waals surface area (Å²) in [6, 6.07) is 7.28. The average molecular weight is 217 g/mol. The molecule has 0 unspecified atom stereocenters. The van der Waals surface area contributed by atoms with Gasteiger partial charge in [-0.25, -0.2) is 0 Å². The van der Waals surface area contributed by atoms with Crippen LogP contribution >= 0.6 is 23.2 Å². The first-order chi connectivity index (χ1) is 6.24.